The highest BCUT2D eigenvalue weighted by Crippen LogP contribution is 2.56. The van der Waals surface area contributed by atoms with Gasteiger partial charge in [0.1, 0.15) is 40.6 Å². The predicted molar refractivity (Wildman–Crippen MR) is 327 cm³/mol. The van der Waals surface area contributed by atoms with Crippen molar-refractivity contribution in [2.75, 3.05) is 44.9 Å². The van der Waals surface area contributed by atoms with Crippen molar-refractivity contribution in [1.29, 1.82) is 0 Å². The second-order valence-corrected chi connectivity index (χ2v) is 30.3. The number of methoxy groups -OCH3 is 1. The molecule has 0 bridgehead atoms. The first-order chi connectivity index (χ1) is 39.1. The van der Waals surface area contributed by atoms with Crippen LogP contribution in [0.2, 0.25) is 0 Å². The Kier molecular flexibility index (Phi) is 19.9. The molecule has 84 heavy (non-hydrogen) atoms. The van der Waals surface area contributed by atoms with Gasteiger partial charge in [-0.1, -0.05) is 97.6 Å². The van der Waals surface area contributed by atoms with Crippen LogP contribution in [0, 0.1) is 34.3 Å². The Hall–Kier alpha value is -6.05. The number of amides is 2. The largest absolute Gasteiger partial charge is 0.744 e. The average Bonchev–Trinajstić information content (AvgIpc) is 1.77. The molecule has 0 aromatic heterocycles. The molecule has 1 fully saturated rings. The summed E-state index contributed by atoms with van der Waals surface area (Å²) in [4.78, 5) is 53.0. The number of nitrogens with zero attached hydrogens (tertiary/aromatic N) is 4. The van der Waals surface area contributed by atoms with Crippen molar-refractivity contribution >= 4 is 63.0 Å². The minimum absolute atomic E-state index is 0.0397. The Morgan fingerprint density at radius 2 is 1.80 bits per heavy atom. The van der Waals surface area contributed by atoms with Crippen LogP contribution in [-0.2, 0) is 56.3 Å². The van der Waals surface area contributed by atoms with Crippen LogP contribution in [0.15, 0.2) is 102 Å². The van der Waals surface area contributed by atoms with E-state index in [9.17, 15) is 42.7 Å². The monoisotopic (exact) mass is 1210 g/mol. The molecule has 1 saturated heterocycles. The number of carbonyl (C=O) groups is 2. The zero-order valence-electron chi connectivity index (χ0n) is 50.5. The summed E-state index contributed by atoms with van der Waals surface area (Å²) in [5.74, 6) is 5.51. The third-order valence-corrected chi connectivity index (χ3v) is 20.8. The molecule has 4 heterocycles. The molecule has 0 aliphatic carbocycles. The summed E-state index contributed by atoms with van der Waals surface area (Å²) in [6.45, 7) is 25.2. The van der Waals surface area contributed by atoms with E-state index in [2.05, 4.69) is 103 Å². The number of aliphatic hydroxyl groups is 1. The highest BCUT2D eigenvalue weighted by atomic mass is 32.5. The van der Waals surface area contributed by atoms with Crippen molar-refractivity contribution in [3.8, 4) is 17.6 Å². The number of fused-ring (bicyclic) bond motifs is 2. The minimum Gasteiger partial charge on any atom is -0.744 e. The van der Waals surface area contributed by atoms with Gasteiger partial charge in [-0.3, -0.25) is 19.7 Å². The third kappa shape index (κ3) is 14.3. The number of hydrogen-bond acceptors (Lipinski definition) is 15. The van der Waals surface area contributed by atoms with Crippen LogP contribution in [0.4, 0.5) is 17.1 Å². The van der Waals surface area contributed by atoms with Crippen molar-refractivity contribution in [3.63, 3.8) is 0 Å². The molecule has 4 aliphatic heterocycles. The van der Waals surface area contributed by atoms with Gasteiger partial charge < -0.3 is 53.7 Å². The Balaban J connectivity index is 0.986. The smallest absolute Gasteiger partial charge is 0.276 e. The maximum Gasteiger partial charge on any atom is 0.276 e. The van der Waals surface area contributed by atoms with Crippen LogP contribution in [0.3, 0.4) is 0 Å². The zero-order valence-corrected chi connectivity index (χ0v) is 53.0. The Morgan fingerprint density at radius 1 is 1.08 bits per heavy atom. The topological polar surface area (TPSA) is 245 Å². The standard InChI is InChI=1S/C62H81N6O13PS2/c1-15-65-47-27-25-39(2)31-45(47)61(10,11)53(65)22-19-23-54-62(12,13)46-33-43(84(75,76)77)26-28-48(46)66(54)30-18-16-17-24-55(70)63-29-20-21-41-32-49(68(72)73)44(34-51(41)78-14)57(59(4,5)6)79-37-42-36-67(40(3)64-58(42)71)56-35-50(69)52(81-56)38-80-82(74,83)60(7,8)9/h19,22-23,25-28,31-34,36,50,52,56-57,69H,3,15-18,24,29-30,35,37-38H2,1-2,4-14H3,(H3-,63,64,70,71,74,75,76,77,83)/t50?,52-,56-,57-,82?/m1/s1. The van der Waals surface area contributed by atoms with E-state index in [1.807, 2.05) is 34.6 Å². The Bertz CT molecular complexity index is 3450. The number of aryl methyl sites for hydroxylation is 1. The fraction of sp³-hybridized carbons (Fsp3) is 0.500. The molecule has 454 valence electrons. The average molecular weight is 1210 g/mol. The van der Waals surface area contributed by atoms with Crippen molar-refractivity contribution in [2.24, 2.45) is 5.41 Å². The van der Waals surface area contributed by atoms with Crippen LogP contribution in [0.1, 0.15) is 142 Å². The Morgan fingerprint density at radius 3 is 2.44 bits per heavy atom. The summed E-state index contributed by atoms with van der Waals surface area (Å²) in [5, 5.41) is 28.5. The SMILES string of the molecule is C=C1NC(=O)C(CO[C@H](c2cc(OC)c(C#CCNC(=O)CCCCC[N+]3=C(C=CC=C4N(CC)c5ccc(C)cc5C4(C)C)C(C)(C)c4cc(S(=O)(=O)[O-])ccc43)cc2[N+](=O)[O-])C(C)(C)C)=CN1[C@H]1CC(O)[C@@H](COP(O)(=S)C(C)(C)C)O1. The number of allylic oxidation sites excluding steroid dienone is 4. The summed E-state index contributed by atoms with van der Waals surface area (Å²) in [6.07, 6.45) is 6.58. The van der Waals surface area contributed by atoms with Crippen LogP contribution < -0.4 is 20.3 Å². The lowest BCUT2D eigenvalue weighted by atomic mass is 9.81. The maximum atomic E-state index is 13.3. The number of likely N-dealkylation sites (N-methyl/N-ethyl adjacent to an activating group) is 1. The van der Waals surface area contributed by atoms with Gasteiger partial charge in [-0.2, -0.15) is 4.58 Å². The number of ether oxygens (including phenoxy) is 3. The van der Waals surface area contributed by atoms with Gasteiger partial charge in [0, 0.05) is 77.7 Å². The number of anilines is 1. The van der Waals surface area contributed by atoms with Crippen LogP contribution in [0.25, 0.3) is 0 Å². The molecule has 0 spiro atoms. The molecule has 3 aromatic rings. The minimum atomic E-state index is -4.70. The van der Waals surface area contributed by atoms with E-state index in [1.165, 1.54) is 54.4 Å². The molecule has 0 radical (unpaired) electrons. The molecule has 4 aliphatic rings. The van der Waals surface area contributed by atoms with Gasteiger partial charge in [0.25, 0.3) is 11.6 Å². The lowest BCUT2D eigenvalue weighted by molar-refractivity contribution is -0.438. The van der Waals surface area contributed by atoms with Gasteiger partial charge in [-0.05, 0) is 93.7 Å². The molecular weight excluding hydrogens is 1130 g/mol. The van der Waals surface area contributed by atoms with E-state index in [0.29, 0.717) is 25.8 Å². The number of rotatable bonds is 21. The lowest BCUT2D eigenvalue weighted by Crippen LogP contribution is -2.44. The molecule has 0 saturated carbocycles. The number of unbranched alkanes of at least 4 members (excludes halogenated alkanes) is 2. The zero-order chi connectivity index (χ0) is 62.1. The van der Waals surface area contributed by atoms with Crippen molar-refractivity contribution < 1.29 is 60.8 Å². The predicted octanol–water partition coefficient (Wildman–Crippen LogP) is 9.66. The van der Waals surface area contributed by atoms with E-state index >= 15 is 0 Å². The van der Waals surface area contributed by atoms with Gasteiger partial charge in [0.15, 0.2) is 12.2 Å². The van der Waals surface area contributed by atoms with Gasteiger partial charge >= 0.3 is 0 Å². The molecule has 7 rings (SSSR count). The van der Waals surface area contributed by atoms with Crippen LogP contribution >= 0.6 is 6.49 Å². The fourth-order valence-electron chi connectivity index (χ4n) is 11.1. The first kappa shape index (κ1) is 65.5. The molecule has 19 nitrogen and oxygen atoms in total. The van der Waals surface area contributed by atoms with Gasteiger partial charge in [-0.25, -0.2) is 8.42 Å². The molecule has 2 amide bonds. The summed E-state index contributed by atoms with van der Waals surface area (Å²) >= 11 is 5.34. The molecule has 4 N–H and O–H groups in total. The summed E-state index contributed by atoms with van der Waals surface area (Å²) < 4.78 is 62.6. The van der Waals surface area contributed by atoms with Crippen molar-refractivity contribution in [2.45, 2.75) is 161 Å². The van der Waals surface area contributed by atoms with Crippen molar-refractivity contribution in [1.82, 2.24) is 15.5 Å². The number of benzene rings is 3. The molecular formula is C62H81N6O13PS2. The van der Waals surface area contributed by atoms with Crippen molar-refractivity contribution in [3.05, 3.63) is 135 Å². The number of nitro groups is 1. The normalized spacial score (nSPS) is 21.0. The number of aliphatic hydroxyl groups excluding tert-OH is 1. The highest BCUT2D eigenvalue weighted by Gasteiger charge is 2.46. The van der Waals surface area contributed by atoms with Crippen LogP contribution in [0.5, 0.6) is 5.75 Å². The van der Waals surface area contributed by atoms with Gasteiger partial charge in [0.05, 0.1) is 71.0 Å². The summed E-state index contributed by atoms with van der Waals surface area (Å²) in [7, 11) is -3.28. The first-order valence-electron chi connectivity index (χ1n) is 28.2. The third-order valence-electron chi connectivity index (χ3n) is 15.9. The number of hydrogen-bond donors (Lipinski definition) is 4. The molecule has 5 atom stereocenters. The Labute approximate surface area is 499 Å². The van der Waals surface area contributed by atoms with Gasteiger partial charge in [-0.15, -0.1) is 0 Å². The number of nitrogens with one attached hydrogen (secondary N) is 2. The van der Waals surface area contributed by atoms with E-state index in [0.717, 1.165) is 29.2 Å². The van der Waals surface area contributed by atoms with E-state index < -0.39 is 68.0 Å². The highest BCUT2D eigenvalue weighted by molar-refractivity contribution is 8.10. The van der Waals surface area contributed by atoms with E-state index in [-0.39, 0.29) is 82.8 Å². The van der Waals surface area contributed by atoms with Gasteiger partial charge in [0.2, 0.25) is 11.6 Å². The van der Waals surface area contributed by atoms with Crippen LogP contribution in [-0.4, -0.2) is 118 Å². The van der Waals surface area contributed by atoms with E-state index in [4.69, 9.17) is 30.5 Å². The molecule has 3 aromatic carbocycles. The second kappa shape index (κ2) is 25.5. The fourth-order valence-corrected chi connectivity index (χ4v) is 12.5. The molecule has 2 unspecified atom stereocenters. The second-order valence-electron chi connectivity index (χ2n) is 24.8. The first-order valence-corrected chi connectivity index (χ1v) is 32.3. The number of carbonyl (C=O) groups excluding carboxylic acids is 2. The summed E-state index contributed by atoms with van der Waals surface area (Å²) in [6, 6.07) is 13.9. The number of nitro benzene ring substituents is 1. The lowest BCUT2D eigenvalue weighted by Gasteiger charge is -2.35. The summed E-state index contributed by atoms with van der Waals surface area (Å²) in [5.41, 5.74) is 5.95. The quantitative estimate of drug-likeness (QED) is 0.0147. The molecule has 22 heteroatoms. The maximum absolute atomic E-state index is 13.3. The van der Waals surface area contributed by atoms with E-state index in [1.54, 1.807) is 31.7 Å².